The number of nitrogens with one attached hydrogen (secondary N) is 1. The highest BCUT2D eigenvalue weighted by Gasteiger charge is 2.18. The van der Waals surface area contributed by atoms with Gasteiger partial charge in [0, 0.05) is 12.8 Å². The van der Waals surface area contributed by atoms with Gasteiger partial charge in [0.2, 0.25) is 5.91 Å². The van der Waals surface area contributed by atoms with Gasteiger partial charge in [0.1, 0.15) is 0 Å². The second kappa shape index (κ2) is 63.6. The van der Waals surface area contributed by atoms with Crippen molar-refractivity contribution in [2.75, 3.05) is 13.2 Å². The average molecular weight is 1040 g/mol. The molecule has 0 heterocycles. The van der Waals surface area contributed by atoms with Crippen molar-refractivity contribution < 1.29 is 24.5 Å². The summed E-state index contributed by atoms with van der Waals surface area (Å²) in [5.74, 6) is -0.0569. The molecule has 0 saturated carbocycles. The third-order valence-electron chi connectivity index (χ3n) is 15.4. The van der Waals surface area contributed by atoms with Gasteiger partial charge in [0.15, 0.2) is 0 Å². The minimum absolute atomic E-state index is 0.00814. The predicted molar refractivity (Wildman–Crippen MR) is 324 cm³/mol. The molecule has 2 unspecified atom stereocenters. The number of aliphatic hydroxyl groups is 2. The Hall–Kier alpha value is -1.92. The number of carbonyl (C=O) groups is 2. The molecule has 6 nitrogen and oxygen atoms in total. The van der Waals surface area contributed by atoms with Crippen molar-refractivity contribution in [3.63, 3.8) is 0 Å². The number of amides is 1. The number of allylic oxidation sites excluding steroid dienone is 5. The summed E-state index contributed by atoms with van der Waals surface area (Å²) < 4.78 is 5.48. The Bertz CT molecular complexity index is 1200. The van der Waals surface area contributed by atoms with Gasteiger partial charge in [-0.1, -0.05) is 301 Å². The molecule has 436 valence electrons. The molecule has 0 aromatic rings. The van der Waals surface area contributed by atoms with Crippen molar-refractivity contribution in [1.82, 2.24) is 5.32 Å². The first-order chi connectivity index (χ1) is 36.5. The standard InChI is InChI=1S/C68H129NO5/c1-3-5-7-9-11-13-15-36-40-44-48-52-56-60-66(71)65(64-70)69-67(72)61-57-53-49-45-41-38-34-32-30-28-26-24-22-20-18-17-19-21-23-25-27-29-31-33-35-39-43-47-51-55-59-63-74-68(73)62-58-54-50-46-42-37-16-14-12-10-8-6-4-2/h14,16,19,21,56,60,65-66,70-71H,3-13,15,17-18,20,22-55,57-59,61-64H2,1-2H3,(H,69,72)/b16-14-,21-19-,60-56+. The molecule has 0 radical (unpaired) electrons. The monoisotopic (exact) mass is 1040 g/mol. The van der Waals surface area contributed by atoms with Crippen LogP contribution in [-0.4, -0.2) is 47.4 Å². The molecule has 0 saturated heterocycles. The fraction of sp³-hybridized carbons (Fsp3) is 0.882. The molecule has 2 atom stereocenters. The average Bonchev–Trinajstić information content (AvgIpc) is 3.40. The van der Waals surface area contributed by atoms with Gasteiger partial charge in [-0.3, -0.25) is 9.59 Å². The molecule has 0 bridgehead atoms. The lowest BCUT2D eigenvalue weighted by atomic mass is 10.0. The second-order valence-corrected chi connectivity index (χ2v) is 22.8. The smallest absolute Gasteiger partial charge is 0.305 e. The Kier molecular flexibility index (Phi) is 62.0. The number of unbranched alkanes of at least 4 members (excludes halogenated alkanes) is 47. The maximum absolute atomic E-state index is 12.5. The zero-order valence-corrected chi connectivity index (χ0v) is 49.8. The first kappa shape index (κ1) is 72.1. The number of carbonyl (C=O) groups excluding carboxylic acids is 2. The summed E-state index contributed by atoms with van der Waals surface area (Å²) in [6, 6.07) is -0.625. The zero-order valence-electron chi connectivity index (χ0n) is 49.8. The van der Waals surface area contributed by atoms with Crippen LogP contribution < -0.4 is 5.32 Å². The van der Waals surface area contributed by atoms with Crippen LogP contribution in [0.5, 0.6) is 0 Å². The molecule has 6 heteroatoms. The molecule has 0 fully saturated rings. The number of aliphatic hydroxyl groups excluding tert-OH is 2. The van der Waals surface area contributed by atoms with Gasteiger partial charge in [-0.2, -0.15) is 0 Å². The number of hydrogen-bond acceptors (Lipinski definition) is 5. The third-order valence-corrected chi connectivity index (χ3v) is 15.4. The molecule has 1 amide bonds. The van der Waals surface area contributed by atoms with Crippen LogP contribution in [0.4, 0.5) is 0 Å². The number of rotatable bonds is 62. The molecule has 74 heavy (non-hydrogen) atoms. The number of esters is 1. The summed E-state index contributed by atoms with van der Waals surface area (Å²) in [7, 11) is 0. The van der Waals surface area contributed by atoms with Gasteiger partial charge in [-0.05, 0) is 83.5 Å². The van der Waals surface area contributed by atoms with Crippen LogP contribution in [0.2, 0.25) is 0 Å². The van der Waals surface area contributed by atoms with Gasteiger partial charge >= 0.3 is 5.97 Å². The fourth-order valence-electron chi connectivity index (χ4n) is 10.3. The van der Waals surface area contributed by atoms with Crippen LogP contribution in [0, 0.1) is 0 Å². The third kappa shape index (κ3) is 59.3. The van der Waals surface area contributed by atoms with Gasteiger partial charge in [0.05, 0.1) is 25.4 Å². The van der Waals surface area contributed by atoms with Crippen molar-refractivity contribution in [2.45, 2.75) is 373 Å². The van der Waals surface area contributed by atoms with Crippen molar-refractivity contribution in [1.29, 1.82) is 0 Å². The van der Waals surface area contributed by atoms with Crippen LogP contribution in [0.15, 0.2) is 36.5 Å². The Morgan fingerprint density at radius 1 is 0.365 bits per heavy atom. The first-order valence-corrected chi connectivity index (χ1v) is 33.3. The maximum Gasteiger partial charge on any atom is 0.305 e. The van der Waals surface area contributed by atoms with Gasteiger partial charge < -0.3 is 20.3 Å². The van der Waals surface area contributed by atoms with Gasteiger partial charge in [-0.15, -0.1) is 0 Å². The SMILES string of the molecule is CCCCCC/C=C\CCCCCCCC(=O)OCCCCCCCCCCCCCC/C=C\CCCCCCCCCCCCCCCCCC(=O)NC(CO)C(O)/C=C/CCCCCCCCCCCCC. The van der Waals surface area contributed by atoms with E-state index in [0.717, 1.165) is 44.9 Å². The highest BCUT2D eigenvalue weighted by atomic mass is 16.5. The Morgan fingerprint density at radius 3 is 0.973 bits per heavy atom. The summed E-state index contributed by atoms with van der Waals surface area (Å²) in [5, 5.41) is 23.1. The van der Waals surface area contributed by atoms with E-state index >= 15 is 0 Å². The van der Waals surface area contributed by atoms with Crippen molar-refractivity contribution in [3.05, 3.63) is 36.5 Å². The quantitative estimate of drug-likeness (QED) is 0.0320. The van der Waals surface area contributed by atoms with Gasteiger partial charge in [0.25, 0.3) is 0 Å². The Balaban J connectivity index is 3.37. The second-order valence-electron chi connectivity index (χ2n) is 22.8. The zero-order chi connectivity index (χ0) is 53.6. The normalized spacial score (nSPS) is 12.8. The minimum Gasteiger partial charge on any atom is -0.466 e. The highest BCUT2D eigenvalue weighted by molar-refractivity contribution is 5.76. The molecule has 0 spiro atoms. The Labute approximate surface area is 462 Å². The van der Waals surface area contributed by atoms with Crippen LogP contribution in [0.1, 0.15) is 361 Å². The van der Waals surface area contributed by atoms with Crippen LogP contribution in [0.25, 0.3) is 0 Å². The van der Waals surface area contributed by atoms with Crippen molar-refractivity contribution >= 4 is 11.9 Å². The number of hydrogen-bond donors (Lipinski definition) is 3. The van der Waals surface area contributed by atoms with E-state index in [1.165, 1.54) is 289 Å². The molecule has 0 aromatic heterocycles. The van der Waals surface area contributed by atoms with Crippen molar-refractivity contribution in [2.24, 2.45) is 0 Å². The lowest BCUT2D eigenvalue weighted by Gasteiger charge is -2.20. The fourth-order valence-corrected chi connectivity index (χ4v) is 10.3. The molecular formula is C68H129NO5. The highest BCUT2D eigenvalue weighted by Crippen LogP contribution is 2.18. The van der Waals surface area contributed by atoms with E-state index in [0.29, 0.717) is 19.4 Å². The van der Waals surface area contributed by atoms with E-state index in [4.69, 9.17) is 4.74 Å². The maximum atomic E-state index is 12.5. The van der Waals surface area contributed by atoms with Gasteiger partial charge in [-0.25, -0.2) is 0 Å². The van der Waals surface area contributed by atoms with E-state index in [2.05, 4.69) is 43.5 Å². The van der Waals surface area contributed by atoms with E-state index in [-0.39, 0.29) is 18.5 Å². The summed E-state index contributed by atoms with van der Waals surface area (Å²) in [6.07, 6.45) is 80.7. The minimum atomic E-state index is -0.842. The van der Waals surface area contributed by atoms with E-state index in [1.54, 1.807) is 6.08 Å². The molecule has 0 aromatic carbocycles. The summed E-state index contributed by atoms with van der Waals surface area (Å²) in [5.41, 5.74) is 0. The predicted octanol–water partition coefficient (Wildman–Crippen LogP) is 21.1. The lowest BCUT2D eigenvalue weighted by Crippen LogP contribution is -2.45. The Morgan fingerprint density at radius 2 is 0.635 bits per heavy atom. The van der Waals surface area contributed by atoms with Crippen LogP contribution in [0.3, 0.4) is 0 Å². The van der Waals surface area contributed by atoms with E-state index < -0.39 is 12.1 Å². The van der Waals surface area contributed by atoms with E-state index in [1.807, 2.05) is 6.08 Å². The van der Waals surface area contributed by atoms with Crippen LogP contribution >= 0.6 is 0 Å². The summed E-state index contributed by atoms with van der Waals surface area (Å²) >= 11 is 0. The van der Waals surface area contributed by atoms with Crippen LogP contribution in [-0.2, 0) is 14.3 Å². The molecule has 0 rings (SSSR count). The van der Waals surface area contributed by atoms with Crippen molar-refractivity contribution in [3.8, 4) is 0 Å². The molecular weight excluding hydrogens is 911 g/mol. The largest absolute Gasteiger partial charge is 0.466 e. The first-order valence-electron chi connectivity index (χ1n) is 33.3. The topological polar surface area (TPSA) is 95.9 Å². The number of ether oxygens (including phenoxy) is 1. The summed E-state index contributed by atoms with van der Waals surface area (Å²) in [6.45, 7) is 4.90. The molecule has 3 N–H and O–H groups in total. The summed E-state index contributed by atoms with van der Waals surface area (Å²) in [4.78, 5) is 24.5. The molecule has 0 aliphatic rings. The van der Waals surface area contributed by atoms with E-state index in [9.17, 15) is 19.8 Å². The lowest BCUT2D eigenvalue weighted by molar-refractivity contribution is -0.143. The molecule has 0 aliphatic heterocycles. The molecule has 0 aliphatic carbocycles.